The van der Waals surface area contributed by atoms with Crippen molar-refractivity contribution in [2.24, 2.45) is 0 Å². The molecule has 1 amide bonds. The highest BCUT2D eigenvalue weighted by molar-refractivity contribution is 9.10. The van der Waals surface area contributed by atoms with Crippen LogP contribution in [-0.4, -0.2) is 20.1 Å². The zero-order valence-corrected chi connectivity index (χ0v) is 15.5. The van der Waals surface area contributed by atoms with Crippen LogP contribution in [-0.2, 0) is 21.1 Å². The quantitative estimate of drug-likeness (QED) is 0.799. The number of sulfone groups is 1. The lowest BCUT2D eigenvalue weighted by Gasteiger charge is -2.07. The van der Waals surface area contributed by atoms with Gasteiger partial charge in [-0.2, -0.15) is 0 Å². The fraction of sp³-hybridized carbons (Fsp3) is 0.188. The van der Waals surface area contributed by atoms with Gasteiger partial charge in [0, 0.05) is 15.2 Å². The first-order chi connectivity index (χ1) is 10.8. The van der Waals surface area contributed by atoms with Crippen LogP contribution in [0.3, 0.4) is 0 Å². The Hall–Kier alpha value is -1.37. The predicted molar refractivity (Wildman–Crippen MR) is 95.7 cm³/mol. The molecule has 0 unspecified atom stereocenters. The van der Waals surface area contributed by atoms with E-state index in [4.69, 9.17) is 11.6 Å². The molecule has 4 nitrogen and oxygen atoms in total. The Kier molecular flexibility index (Phi) is 5.84. The second-order valence-electron chi connectivity index (χ2n) is 4.93. The minimum atomic E-state index is -3.22. The standard InChI is InChI=1S/C16H15BrClNO3S/c1-2-23(21,22)15-5-3-11(4-6-15)7-16(20)19-14-9-12(17)8-13(18)10-14/h3-6,8-10H,2,7H2,1H3,(H,19,20). The van der Waals surface area contributed by atoms with Gasteiger partial charge in [-0.05, 0) is 35.9 Å². The highest BCUT2D eigenvalue weighted by atomic mass is 79.9. The average molecular weight is 417 g/mol. The molecule has 2 aromatic rings. The van der Waals surface area contributed by atoms with Crippen molar-refractivity contribution in [2.75, 3.05) is 11.1 Å². The first-order valence-electron chi connectivity index (χ1n) is 6.88. The van der Waals surface area contributed by atoms with E-state index in [-0.39, 0.29) is 23.0 Å². The summed E-state index contributed by atoms with van der Waals surface area (Å²) in [5.74, 6) is -0.151. The van der Waals surface area contributed by atoms with Crippen LogP contribution < -0.4 is 5.32 Å². The molecule has 0 atom stereocenters. The van der Waals surface area contributed by atoms with Crippen molar-refractivity contribution in [1.29, 1.82) is 0 Å². The zero-order chi connectivity index (χ0) is 17.0. The molecule has 1 N–H and O–H groups in total. The molecule has 0 aliphatic carbocycles. The van der Waals surface area contributed by atoms with Gasteiger partial charge in [-0.3, -0.25) is 4.79 Å². The Morgan fingerprint density at radius 1 is 1.17 bits per heavy atom. The number of hydrogen-bond donors (Lipinski definition) is 1. The van der Waals surface area contributed by atoms with E-state index in [0.717, 1.165) is 10.0 Å². The smallest absolute Gasteiger partial charge is 0.228 e. The van der Waals surface area contributed by atoms with Crippen molar-refractivity contribution in [3.05, 3.63) is 57.5 Å². The second-order valence-corrected chi connectivity index (χ2v) is 8.56. The first kappa shape index (κ1) is 18.0. The third kappa shape index (κ3) is 5.06. The number of amides is 1. The summed E-state index contributed by atoms with van der Waals surface area (Å²) in [7, 11) is -3.22. The van der Waals surface area contributed by atoms with Gasteiger partial charge in [-0.15, -0.1) is 0 Å². The number of anilines is 1. The number of carbonyl (C=O) groups excluding carboxylic acids is 1. The molecule has 2 rings (SSSR count). The van der Waals surface area contributed by atoms with E-state index in [2.05, 4.69) is 21.2 Å². The molecule has 0 aromatic heterocycles. The Bertz CT molecular complexity index is 799. The van der Waals surface area contributed by atoms with Crippen molar-refractivity contribution in [2.45, 2.75) is 18.2 Å². The number of carbonyl (C=O) groups is 1. The van der Waals surface area contributed by atoms with Crippen molar-refractivity contribution in [1.82, 2.24) is 0 Å². The summed E-state index contributed by atoms with van der Waals surface area (Å²) in [4.78, 5) is 12.3. The normalized spacial score (nSPS) is 11.3. The van der Waals surface area contributed by atoms with E-state index < -0.39 is 9.84 Å². The largest absolute Gasteiger partial charge is 0.326 e. The lowest BCUT2D eigenvalue weighted by Crippen LogP contribution is -2.14. The van der Waals surface area contributed by atoms with Crippen molar-refractivity contribution < 1.29 is 13.2 Å². The molecule has 0 bridgehead atoms. The lowest BCUT2D eigenvalue weighted by atomic mass is 10.1. The van der Waals surface area contributed by atoms with Gasteiger partial charge >= 0.3 is 0 Å². The molecule has 2 aromatic carbocycles. The van der Waals surface area contributed by atoms with Crippen molar-refractivity contribution >= 4 is 49.0 Å². The third-order valence-corrected chi connectivity index (χ3v) is 5.60. The number of halogens is 2. The number of rotatable bonds is 5. The highest BCUT2D eigenvalue weighted by Gasteiger charge is 2.12. The van der Waals surface area contributed by atoms with Crippen LogP contribution in [0.4, 0.5) is 5.69 Å². The molecule has 0 saturated carbocycles. The van der Waals surface area contributed by atoms with Gasteiger partial charge in [0.2, 0.25) is 5.91 Å². The monoisotopic (exact) mass is 415 g/mol. The molecule has 0 radical (unpaired) electrons. The van der Waals surface area contributed by atoms with Gasteiger partial charge in [0.05, 0.1) is 17.1 Å². The van der Waals surface area contributed by atoms with E-state index in [1.165, 1.54) is 12.1 Å². The van der Waals surface area contributed by atoms with Gasteiger partial charge in [0.15, 0.2) is 9.84 Å². The Balaban J connectivity index is 2.06. The second kappa shape index (κ2) is 7.47. The fourth-order valence-electron chi connectivity index (χ4n) is 2.00. The minimum Gasteiger partial charge on any atom is -0.326 e. The van der Waals surface area contributed by atoms with Gasteiger partial charge < -0.3 is 5.32 Å². The van der Waals surface area contributed by atoms with Gasteiger partial charge in [0.25, 0.3) is 0 Å². The van der Waals surface area contributed by atoms with Gasteiger partial charge in [-0.25, -0.2) is 8.42 Å². The molecule has 7 heteroatoms. The summed E-state index contributed by atoms with van der Waals surface area (Å²) in [6.45, 7) is 1.60. The van der Waals surface area contributed by atoms with Crippen LogP contribution >= 0.6 is 27.5 Å². The molecule has 0 aliphatic heterocycles. The summed E-state index contributed by atoms with van der Waals surface area (Å²) < 4.78 is 24.3. The summed E-state index contributed by atoms with van der Waals surface area (Å²) in [6, 6.07) is 11.5. The van der Waals surface area contributed by atoms with E-state index in [1.807, 2.05) is 0 Å². The number of benzene rings is 2. The van der Waals surface area contributed by atoms with Crippen LogP contribution in [0.2, 0.25) is 5.02 Å². The fourth-order valence-corrected chi connectivity index (χ4v) is 3.74. The minimum absolute atomic E-state index is 0.0521. The molecular weight excluding hydrogens is 402 g/mol. The molecule has 0 spiro atoms. The molecule has 0 aliphatic rings. The first-order valence-corrected chi connectivity index (χ1v) is 9.70. The van der Waals surface area contributed by atoms with Crippen molar-refractivity contribution in [3.8, 4) is 0 Å². The average Bonchev–Trinajstić information content (AvgIpc) is 2.46. The summed E-state index contributed by atoms with van der Waals surface area (Å²) in [5.41, 5.74) is 1.33. The molecule has 122 valence electrons. The summed E-state index contributed by atoms with van der Waals surface area (Å²) in [6.07, 6.45) is 0.149. The van der Waals surface area contributed by atoms with Crippen LogP contribution in [0.25, 0.3) is 0 Å². The molecule has 23 heavy (non-hydrogen) atoms. The van der Waals surface area contributed by atoms with E-state index in [9.17, 15) is 13.2 Å². The SMILES string of the molecule is CCS(=O)(=O)c1ccc(CC(=O)Nc2cc(Cl)cc(Br)c2)cc1. The maximum Gasteiger partial charge on any atom is 0.228 e. The number of hydrogen-bond acceptors (Lipinski definition) is 3. The highest BCUT2D eigenvalue weighted by Crippen LogP contribution is 2.23. The molecule has 0 heterocycles. The van der Waals surface area contributed by atoms with Crippen LogP contribution in [0.1, 0.15) is 12.5 Å². The van der Waals surface area contributed by atoms with Gasteiger partial charge in [0.1, 0.15) is 0 Å². The Morgan fingerprint density at radius 3 is 2.39 bits per heavy atom. The third-order valence-electron chi connectivity index (χ3n) is 3.17. The maximum absolute atomic E-state index is 12.1. The van der Waals surface area contributed by atoms with E-state index >= 15 is 0 Å². The lowest BCUT2D eigenvalue weighted by molar-refractivity contribution is -0.115. The van der Waals surface area contributed by atoms with Crippen LogP contribution in [0.5, 0.6) is 0 Å². The van der Waals surface area contributed by atoms with Gasteiger partial charge in [-0.1, -0.05) is 46.6 Å². The zero-order valence-electron chi connectivity index (χ0n) is 12.3. The number of nitrogens with one attached hydrogen (secondary N) is 1. The van der Waals surface area contributed by atoms with E-state index in [1.54, 1.807) is 37.3 Å². The summed E-state index contributed by atoms with van der Waals surface area (Å²) in [5, 5.41) is 3.27. The van der Waals surface area contributed by atoms with Crippen LogP contribution in [0, 0.1) is 0 Å². The van der Waals surface area contributed by atoms with E-state index in [0.29, 0.717) is 10.7 Å². The molecule has 0 fully saturated rings. The predicted octanol–water partition coefficient (Wildman–Crippen LogP) is 4.08. The molecular formula is C16H15BrClNO3S. The Labute approximate surface area is 148 Å². The summed E-state index contributed by atoms with van der Waals surface area (Å²) >= 11 is 9.24. The topological polar surface area (TPSA) is 63.2 Å². The maximum atomic E-state index is 12.1. The molecule has 0 saturated heterocycles. The Morgan fingerprint density at radius 2 is 1.83 bits per heavy atom. The van der Waals surface area contributed by atoms with Crippen LogP contribution in [0.15, 0.2) is 51.8 Å². The van der Waals surface area contributed by atoms with Crippen molar-refractivity contribution in [3.63, 3.8) is 0 Å².